The zero-order valence-electron chi connectivity index (χ0n) is 10.6. The fraction of sp³-hybridized carbons (Fsp3) is 0.750. The topological polar surface area (TPSA) is 48.1 Å². The maximum Gasteiger partial charge on any atom is 0.0963 e. The van der Waals surface area contributed by atoms with E-state index < -0.39 is 0 Å². The molecule has 0 bridgehead atoms. The second-order valence-electron chi connectivity index (χ2n) is 4.10. The first kappa shape index (κ1) is 13.6. The van der Waals surface area contributed by atoms with Gasteiger partial charge in [0.15, 0.2) is 0 Å². The summed E-state index contributed by atoms with van der Waals surface area (Å²) in [7, 11) is 1.70. The average molecular weight is 242 g/mol. The molecule has 1 rings (SSSR count). The molecule has 0 aliphatic rings. The molecule has 0 spiro atoms. The summed E-state index contributed by atoms with van der Waals surface area (Å²) < 4.78 is 5.17. The summed E-state index contributed by atoms with van der Waals surface area (Å²) in [6, 6.07) is 0.0470. The van der Waals surface area contributed by atoms with Crippen LogP contribution in [0.3, 0.4) is 0 Å². The number of methoxy groups -OCH3 is 1. The van der Waals surface area contributed by atoms with E-state index in [9.17, 15) is 0 Å². The highest BCUT2D eigenvalue weighted by Crippen LogP contribution is 2.32. The van der Waals surface area contributed by atoms with Gasteiger partial charge in [-0.2, -0.15) is 0 Å². The minimum absolute atomic E-state index is 0.0470. The first-order valence-electron chi connectivity index (χ1n) is 5.87. The quantitative estimate of drug-likeness (QED) is 0.833. The minimum Gasteiger partial charge on any atom is -0.378 e. The van der Waals surface area contributed by atoms with Crippen LogP contribution in [0.5, 0.6) is 0 Å². The lowest BCUT2D eigenvalue weighted by Crippen LogP contribution is -2.06. The van der Waals surface area contributed by atoms with E-state index in [0.29, 0.717) is 12.5 Å². The van der Waals surface area contributed by atoms with Crippen LogP contribution in [0.1, 0.15) is 61.2 Å². The van der Waals surface area contributed by atoms with Crippen LogP contribution in [0.4, 0.5) is 0 Å². The van der Waals surface area contributed by atoms with Crippen molar-refractivity contribution in [3.8, 4) is 0 Å². The van der Waals surface area contributed by atoms with Gasteiger partial charge in [-0.15, -0.1) is 11.3 Å². The minimum atomic E-state index is 0.0470. The number of aromatic nitrogens is 1. The Morgan fingerprint density at radius 3 is 2.44 bits per heavy atom. The third kappa shape index (κ3) is 3.03. The van der Waals surface area contributed by atoms with Gasteiger partial charge in [-0.3, -0.25) is 0 Å². The van der Waals surface area contributed by atoms with Crippen LogP contribution < -0.4 is 5.73 Å². The Hall–Kier alpha value is -0.450. The third-order valence-corrected chi connectivity index (χ3v) is 4.23. The number of hydrogen-bond acceptors (Lipinski definition) is 4. The van der Waals surface area contributed by atoms with Crippen molar-refractivity contribution in [1.82, 2.24) is 4.98 Å². The van der Waals surface area contributed by atoms with E-state index >= 15 is 0 Å². The Labute approximate surface area is 102 Å². The zero-order chi connectivity index (χ0) is 12.1. The normalized spacial score (nSPS) is 13.4. The molecule has 0 fully saturated rings. The van der Waals surface area contributed by atoms with Gasteiger partial charge in [0.2, 0.25) is 0 Å². The first-order chi connectivity index (χ1) is 7.63. The van der Waals surface area contributed by atoms with Crippen molar-refractivity contribution in [1.29, 1.82) is 0 Å². The Bertz CT molecular complexity index is 319. The van der Waals surface area contributed by atoms with Crippen molar-refractivity contribution < 1.29 is 4.74 Å². The molecule has 0 aliphatic carbocycles. The summed E-state index contributed by atoms with van der Waals surface area (Å²) in [6.45, 7) is 6.98. The van der Waals surface area contributed by atoms with Gasteiger partial charge < -0.3 is 10.5 Å². The highest BCUT2D eigenvalue weighted by molar-refractivity contribution is 7.11. The molecule has 0 aromatic carbocycles. The number of thiazole rings is 1. The molecule has 1 aromatic rings. The second-order valence-corrected chi connectivity index (χ2v) is 5.16. The summed E-state index contributed by atoms with van der Waals surface area (Å²) in [6.07, 6.45) is 2.27. The lowest BCUT2D eigenvalue weighted by molar-refractivity contribution is 0.181. The molecule has 3 nitrogen and oxygen atoms in total. The highest BCUT2D eigenvalue weighted by atomic mass is 32.1. The average Bonchev–Trinajstić information content (AvgIpc) is 2.65. The number of nitrogens with two attached hydrogens (primary N) is 1. The highest BCUT2D eigenvalue weighted by Gasteiger charge is 2.18. The van der Waals surface area contributed by atoms with Crippen LogP contribution >= 0.6 is 11.3 Å². The standard InChI is InChI=1S/C12H22N2OS/c1-5-9(6-2)12-14-10(7-15-4)11(16-12)8(3)13/h8-9H,5-7,13H2,1-4H3. The number of rotatable bonds is 6. The Morgan fingerprint density at radius 2 is 2.00 bits per heavy atom. The van der Waals surface area contributed by atoms with Crippen LogP contribution in [-0.4, -0.2) is 12.1 Å². The van der Waals surface area contributed by atoms with E-state index in [0.717, 1.165) is 18.5 Å². The fourth-order valence-corrected chi connectivity index (χ4v) is 3.08. The van der Waals surface area contributed by atoms with Crippen molar-refractivity contribution >= 4 is 11.3 Å². The predicted octanol–water partition coefficient (Wildman–Crippen LogP) is 3.21. The van der Waals surface area contributed by atoms with Gasteiger partial charge in [0, 0.05) is 23.9 Å². The summed E-state index contributed by atoms with van der Waals surface area (Å²) >= 11 is 1.75. The van der Waals surface area contributed by atoms with Gasteiger partial charge in [0.1, 0.15) is 0 Å². The van der Waals surface area contributed by atoms with E-state index in [1.807, 2.05) is 6.92 Å². The van der Waals surface area contributed by atoms with Crippen LogP contribution in [0.2, 0.25) is 0 Å². The first-order valence-corrected chi connectivity index (χ1v) is 6.69. The molecule has 0 radical (unpaired) electrons. The molecule has 16 heavy (non-hydrogen) atoms. The molecule has 1 unspecified atom stereocenters. The van der Waals surface area contributed by atoms with E-state index in [2.05, 4.69) is 18.8 Å². The molecule has 0 saturated heterocycles. The van der Waals surface area contributed by atoms with Crippen molar-refractivity contribution in [2.45, 2.75) is 52.2 Å². The van der Waals surface area contributed by atoms with Crippen molar-refractivity contribution in [2.24, 2.45) is 5.73 Å². The summed E-state index contributed by atoms with van der Waals surface area (Å²) in [4.78, 5) is 5.85. The molecular weight excluding hydrogens is 220 g/mol. The van der Waals surface area contributed by atoms with E-state index in [4.69, 9.17) is 10.5 Å². The molecule has 1 heterocycles. The molecule has 1 aromatic heterocycles. The monoisotopic (exact) mass is 242 g/mol. The smallest absolute Gasteiger partial charge is 0.0963 e. The number of nitrogens with zero attached hydrogens (tertiary/aromatic N) is 1. The predicted molar refractivity (Wildman–Crippen MR) is 68.8 cm³/mol. The lowest BCUT2D eigenvalue weighted by atomic mass is 10.1. The molecule has 2 N–H and O–H groups in total. The van der Waals surface area contributed by atoms with Crippen LogP contribution in [0.25, 0.3) is 0 Å². The molecule has 1 atom stereocenters. The molecule has 0 saturated carbocycles. The van der Waals surface area contributed by atoms with Gasteiger partial charge in [0.05, 0.1) is 17.3 Å². The molecule has 0 aliphatic heterocycles. The fourth-order valence-electron chi connectivity index (χ4n) is 1.79. The van der Waals surface area contributed by atoms with Gasteiger partial charge in [-0.05, 0) is 19.8 Å². The number of ether oxygens (including phenoxy) is 1. The lowest BCUT2D eigenvalue weighted by Gasteiger charge is -2.07. The second kappa shape index (κ2) is 6.33. The summed E-state index contributed by atoms with van der Waals surface area (Å²) in [5.41, 5.74) is 6.97. The number of hydrogen-bond donors (Lipinski definition) is 1. The summed E-state index contributed by atoms with van der Waals surface area (Å²) in [5, 5.41) is 1.21. The van der Waals surface area contributed by atoms with Gasteiger partial charge >= 0.3 is 0 Å². The van der Waals surface area contributed by atoms with Crippen molar-refractivity contribution in [3.63, 3.8) is 0 Å². The SMILES string of the molecule is CCC(CC)c1nc(COC)c(C(C)N)s1. The van der Waals surface area contributed by atoms with E-state index in [-0.39, 0.29) is 6.04 Å². The maximum atomic E-state index is 5.96. The van der Waals surface area contributed by atoms with E-state index in [1.54, 1.807) is 18.4 Å². The van der Waals surface area contributed by atoms with Crippen molar-refractivity contribution in [2.75, 3.05) is 7.11 Å². The van der Waals surface area contributed by atoms with Gasteiger partial charge in [0.25, 0.3) is 0 Å². The van der Waals surface area contributed by atoms with Gasteiger partial charge in [-0.25, -0.2) is 4.98 Å². The molecule has 0 amide bonds. The molecule has 92 valence electrons. The largest absolute Gasteiger partial charge is 0.378 e. The van der Waals surface area contributed by atoms with Crippen molar-refractivity contribution in [3.05, 3.63) is 15.6 Å². The third-order valence-electron chi connectivity index (χ3n) is 2.77. The molecular formula is C12H22N2OS. The maximum absolute atomic E-state index is 5.96. The Kier molecular flexibility index (Phi) is 5.38. The molecule has 4 heteroatoms. The van der Waals surface area contributed by atoms with Crippen LogP contribution in [-0.2, 0) is 11.3 Å². The van der Waals surface area contributed by atoms with Gasteiger partial charge in [-0.1, -0.05) is 13.8 Å². The van der Waals surface area contributed by atoms with E-state index in [1.165, 1.54) is 9.88 Å². The Balaban J connectivity index is 3.00. The van der Waals surface area contributed by atoms with Crippen LogP contribution in [0, 0.1) is 0 Å². The van der Waals surface area contributed by atoms with Crippen LogP contribution in [0.15, 0.2) is 0 Å². The summed E-state index contributed by atoms with van der Waals surface area (Å²) in [5.74, 6) is 0.563. The Morgan fingerprint density at radius 1 is 1.38 bits per heavy atom. The zero-order valence-corrected chi connectivity index (χ0v) is 11.4.